The van der Waals surface area contributed by atoms with Crippen molar-refractivity contribution >= 4 is 0 Å². The first-order valence-corrected chi connectivity index (χ1v) is 6.22. The molecule has 0 heterocycles. The number of para-hydroxylation sites is 1. The van der Waals surface area contributed by atoms with Crippen molar-refractivity contribution in [1.29, 1.82) is 0 Å². The van der Waals surface area contributed by atoms with Gasteiger partial charge in [-0.3, -0.25) is 0 Å². The van der Waals surface area contributed by atoms with Crippen molar-refractivity contribution in [2.24, 2.45) is 0 Å². The Morgan fingerprint density at radius 2 is 1.50 bits per heavy atom. The third kappa shape index (κ3) is 11.1. The van der Waals surface area contributed by atoms with E-state index >= 15 is 0 Å². The highest BCUT2D eigenvalue weighted by molar-refractivity contribution is 5.20. The molecule has 2 heteroatoms. The summed E-state index contributed by atoms with van der Waals surface area (Å²) in [6, 6.07) is 9.71. The van der Waals surface area contributed by atoms with Crippen molar-refractivity contribution in [1.82, 2.24) is 0 Å². The summed E-state index contributed by atoms with van der Waals surface area (Å²) < 4.78 is 5.40. The normalized spacial score (nSPS) is 8.06. The van der Waals surface area contributed by atoms with Crippen LogP contribution in [0.5, 0.6) is 5.75 Å². The molecule has 1 aromatic rings. The molecule has 0 aliphatic heterocycles. The van der Waals surface area contributed by atoms with Crippen LogP contribution in [0.3, 0.4) is 0 Å². The minimum Gasteiger partial charge on any atom is -0.494 e. The quantitative estimate of drug-likeness (QED) is 0.772. The van der Waals surface area contributed by atoms with E-state index in [2.05, 4.69) is 0 Å². The monoisotopic (exact) mass is 226 g/mol. The molecule has 0 saturated carbocycles. The molecule has 0 aromatic heterocycles. The van der Waals surface area contributed by atoms with Gasteiger partial charge in [-0.2, -0.15) is 0 Å². The summed E-state index contributed by atoms with van der Waals surface area (Å²) in [6.45, 7) is 8.93. The number of aliphatic hydroxyl groups is 1. The van der Waals surface area contributed by atoms with Gasteiger partial charge in [0.1, 0.15) is 5.75 Å². The third-order valence-corrected chi connectivity index (χ3v) is 1.56. The fourth-order valence-corrected chi connectivity index (χ4v) is 0.921. The van der Waals surface area contributed by atoms with Crippen molar-refractivity contribution in [2.75, 3.05) is 13.2 Å². The van der Waals surface area contributed by atoms with E-state index in [1.165, 1.54) is 0 Å². The predicted octanol–water partition coefficient (Wildman–Crippen LogP) is 3.89. The van der Waals surface area contributed by atoms with Gasteiger partial charge in [-0.05, 0) is 25.0 Å². The predicted molar refractivity (Wildman–Crippen MR) is 71.0 cm³/mol. The maximum Gasteiger partial charge on any atom is 0.119 e. The van der Waals surface area contributed by atoms with E-state index in [0.717, 1.165) is 18.6 Å². The lowest BCUT2D eigenvalue weighted by Gasteiger charge is -2.03. The highest BCUT2D eigenvalue weighted by atomic mass is 16.5. The van der Waals surface area contributed by atoms with Crippen LogP contribution in [0.4, 0.5) is 0 Å². The molecular weight excluding hydrogens is 200 g/mol. The fraction of sp³-hybridized carbons (Fsp3) is 0.571. The van der Waals surface area contributed by atoms with Crippen molar-refractivity contribution in [3.63, 3.8) is 0 Å². The van der Waals surface area contributed by atoms with Gasteiger partial charge in [-0.1, -0.05) is 45.9 Å². The maximum atomic E-state index is 8.51. The average molecular weight is 226 g/mol. The van der Waals surface area contributed by atoms with Crippen LogP contribution in [-0.2, 0) is 0 Å². The number of ether oxygens (including phenoxy) is 1. The van der Waals surface area contributed by atoms with Crippen LogP contribution < -0.4 is 4.74 Å². The molecule has 0 bridgehead atoms. The van der Waals surface area contributed by atoms with Gasteiger partial charge in [0.2, 0.25) is 0 Å². The summed E-state index contributed by atoms with van der Waals surface area (Å²) in [5.41, 5.74) is 0. The Morgan fingerprint density at radius 3 is 2.00 bits per heavy atom. The van der Waals surface area contributed by atoms with Gasteiger partial charge >= 0.3 is 0 Å². The first-order valence-electron chi connectivity index (χ1n) is 6.22. The van der Waals surface area contributed by atoms with Crippen LogP contribution >= 0.6 is 0 Å². The largest absolute Gasteiger partial charge is 0.494 e. The van der Waals surface area contributed by atoms with Crippen LogP contribution in [0.1, 0.15) is 40.5 Å². The zero-order chi connectivity index (χ0) is 12.6. The number of hydrogen-bond donors (Lipinski definition) is 1. The number of benzene rings is 1. The van der Waals surface area contributed by atoms with Crippen molar-refractivity contribution < 1.29 is 9.84 Å². The zero-order valence-electron chi connectivity index (χ0n) is 11.1. The summed E-state index contributed by atoms with van der Waals surface area (Å²) in [5, 5.41) is 8.51. The first-order chi connectivity index (χ1) is 7.93. The molecule has 0 unspecified atom stereocenters. The Balaban J connectivity index is 0. The highest BCUT2D eigenvalue weighted by Gasteiger charge is 1.90. The Labute approximate surface area is 100 Å². The fourth-order valence-electron chi connectivity index (χ4n) is 0.921. The van der Waals surface area contributed by atoms with E-state index in [4.69, 9.17) is 9.84 Å². The smallest absolute Gasteiger partial charge is 0.119 e. The van der Waals surface area contributed by atoms with Gasteiger partial charge in [0.25, 0.3) is 0 Å². The molecule has 0 aliphatic carbocycles. The molecule has 16 heavy (non-hydrogen) atoms. The van der Waals surface area contributed by atoms with Crippen molar-refractivity contribution in [3.8, 4) is 5.75 Å². The summed E-state index contributed by atoms with van der Waals surface area (Å²) >= 11 is 0. The van der Waals surface area contributed by atoms with E-state index in [1.807, 2.05) is 58.0 Å². The minimum absolute atomic E-state index is 0.248. The summed E-state index contributed by atoms with van der Waals surface area (Å²) in [7, 11) is 0. The van der Waals surface area contributed by atoms with Crippen LogP contribution in [0.2, 0.25) is 0 Å². The lowest BCUT2D eigenvalue weighted by atomic mass is 10.3. The molecule has 1 N–H and O–H groups in total. The number of rotatable bonds is 5. The highest BCUT2D eigenvalue weighted by Crippen LogP contribution is 2.08. The second-order valence-electron chi connectivity index (χ2n) is 2.59. The second-order valence-corrected chi connectivity index (χ2v) is 2.59. The number of aliphatic hydroxyl groups excluding tert-OH is 1. The molecule has 0 spiro atoms. The van der Waals surface area contributed by atoms with Crippen LogP contribution in [0, 0.1) is 0 Å². The van der Waals surface area contributed by atoms with E-state index < -0.39 is 0 Å². The Kier molecular flexibility index (Phi) is 17.8. The van der Waals surface area contributed by atoms with Gasteiger partial charge in [-0.15, -0.1) is 0 Å². The number of hydrogen-bond acceptors (Lipinski definition) is 2. The van der Waals surface area contributed by atoms with E-state index in [-0.39, 0.29) is 6.61 Å². The van der Waals surface area contributed by atoms with Gasteiger partial charge in [0, 0.05) is 6.61 Å². The lowest BCUT2D eigenvalue weighted by Crippen LogP contribution is -1.97. The SMILES string of the molecule is CC.CC.OCCCCOc1ccccc1. The molecule has 1 rings (SSSR count). The Hall–Kier alpha value is -1.02. The minimum atomic E-state index is 0.248. The lowest BCUT2D eigenvalue weighted by molar-refractivity contribution is 0.253. The number of unbranched alkanes of at least 4 members (excludes halogenated alkanes) is 1. The van der Waals surface area contributed by atoms with Gasteiger partial charge < -0.3 is 9.84 Å². The average Bonchev–Trinajstić information content (AvgIpc) is 2.41. The molecule has 0 radical (unpaired) electrons. The molecule has 0 fully saturated rings. The Bertz CT molecular complexity index is 197. The van der Waals surface area contributed by atoms with Crippen molar-refractivity contribution in [2.45, 2.75) is 40.5 Å². The summed E-state index contributed by atoms with van der Waals surface area (Å²) in [6.07, 6.45) is 1.72. The van der Waals surface area contributed by atoms with Crippen LogP contribution in [-0.4, -0.2) is 18.3 Å². The first kappa shape index (κ1) is 17.4. The molecule has 0 amide bonds. The van der Waals surface area contributed by atoms with Crippen LogP contribution in [0.25, 0.3) is 0 Å². The maximum absolute atomic E-state index is 8.51. The van der Waals surface area contributed by atoms with E-state index in [9.17, 15) is 0 Å². The molecule has 1 aromatic carbocycles. The molecule has 94 valence electrons. The zero-order valence-corrected chi connectivity index (χ0v) is 11.1. The summed E-state index contributed by atoms with van der Waals surface area (Å²) in [4.78, 5) is 0. The molecule has 2 nitrogen and oxygen atoms in total. The van der Waals surface area contributed by atoms with E-state index in [1.54, 1.807) is 0 Å². The Morgan fingerprint density at radius 1 is 0.938 bits per heavy atom. The van der Waals surface area contributed by atoms with Gasteiger partial charge in [0.05, 0.1) is 6.61 Å². The van der Waals surface area contributed by atoms with Gasteiger partial charge in [-0.25, -0.2) is 0 Å². The standard InChI is InChI=1S/C10H14O2.2C2H6/c11-8-4-5-9-12-10-6-2-1-3-7-10;2*1-2/h1-3,6-7,11H,4-5,8-9H2;2*1-2H3. The van der Waals surface area contributed by atoms with Crippen LogP contribution in [0.15, 0.2) is 30.3 Å². The third-order valence-electron chi connectivity index (χ3n) is 1.56. The summed E-state index contributed by atoms with van der Waals surface area (Å²) in [5.74, 6) is 0.899. The molecule has 0 atom stereocenters. The topological polar surface area (TPSA) is 29.5 Å². The van der Waals surface area contributed by atoms with Crippen molar-refractivity contribution in [3.05, 3.63) is 30.3 Å². The van der Waals surface area contributed by atoms with Gasteiger partial charge in [0.15, 0.2) is 0 Å². The second kappa shape index (κ2) is 16.4. The molecule has 0 saturated heterocycles. The van der Waals surface area contributed by atoms with E-state index in [0.29, 0.717) is 6.61 Å². The molecular formula is C14H26O2. The molecule has 0 aliphatic rings.